The Morgan fingerprint density at radius 3 is 2.37 bits per heavy atom. The first-order valence-electron chi connectivity index (χ1n) is 9.85. The minimum Gasteiger partial charge on any atom is -0.378 e. The Kier molecular flexibility index (Phi) is 5.58. The second-order valence-electron chi connectivity index (χ2n) is 8.15. The molecule has 2 amide bonds. The lowest BCUT2D eigenvalue weighted by Gasteiger charge is -2.58. The topological polar surface area (TPSA) is 75.9 Å². The van der Waals surface area contributed by atoms with E-state index in [-0.39, 0.29) is 17.9 Å². The molecule has 1 aromatic carbocycles. The molecule has 1 aliphatic carbocycles. The smallest absolute Gasteiger partial charge is 0.253 e. The van der Waals surface area contributed by atoms with Crippen molar-refractivity contribution in [3.05, 3.63) is 35.9 Å². The fourth-order valence-corrected chi connectivity index (χ4v) is 4.17. The number of hydrogen-bond donors (Lipinski definition) is 1. The highest BCUT2D eigenvalue weighted by Crippen LogP contribution is 2.50. The normalized spacial score (nSPS) is 27.6. The molecule has 27 heavy (non-hydrogen) atoms. The van der Waals surface area contributed by atoms with Gasteiger partial charge >= 0.3 is 0 Å². The highest BCUT2D eigenvalue weighted by atomic mass is 16.5. The monoisotopic (exact) mass is 373 g/mol. The molecule has 1 heterocycles. The van der Waals surface area contributed by atoms with Crippen molar-refractivity contribution in [3.63, 3.8) is 0 Å². The lowest BCUT2D eigenvalue weighted by atomic mass is 9.54. The molecule has 1 saturated carbocycles. The highest BCUT2D eigenvalue weighted by Gasteiger charge is 2.63. The van der Waals surface area contributed by atoms with Crippen molar-refractivity contribution < 1.29 is 14.3 Å². The van der Waals surface area contributed by atoms with Gasteiger partial charge in [0, 0.05) is 50.2 Å². The molecule has 0 spiro atoms. The highest BCUT2D eigenvalue weighted by molar-refractivity contribution is 5.94. The van der Waals surface area contributed by atoms with E-state index < -0.39 is 11.0 Å². The average Bonchev–Trinajstić information content (AvgIpc) is 2.93. The van der Waals surface area contributed by atoms with Crippen molar-refractivity contribution in [2.24, 2.45) is 11.1 Å². The number of amides is 2. The van der Waals surface area contributed by atoms with Crippen molar-refractivity contribution in [3.8, 4) is 0 Å². The van der Waals surface area contributed by atoms with Gasteiger partial charge in [0.1, 0.15) is 5.54 Å². The number of rotatable bonds is 4. The second kappa shape index (κ2) is 7.60. The van der Waals surface area contributed by atoms with Crippen LogP contribution in [0.1, 0.15) is 44.0 Å². The van der Waals surface area contributed by atoms with E-state index in [0.29, 0.717) is 44.8 Å². The SMILES string of the molecule is CCOC1CC(N)(C(=O)N2CCCN(C(=O)c3ccccc3)CC2)C1(C)C. The van der Waals surface area contributed by atoms with Gasteiger partial charge in [-0.15, -0.1) is 0 Å². The molecule has 148 valence electrons. The Morgan fingerprint density at radius 2 is 1.74 bits per heavy atom. The van der Waals surface area contributed by atoms with E-state index >= 15 is 0 Å². The van der Waals surface area contributed by atoms with Crippen molar-refractivity contribution in [1.29, 1.82) is 0 Å². The molecular formula is C21H31N3O3. The van der Waals surface area contributed by atoms with E-state index in [1.807, 2.05) is 60.9 Å². The molecule has 1 aliphatic heterocycles. The van der Waals surface area contributed by atoms with Crippen molar-refractivity contribution >= 4 is 11.8 Å². The van der Waals surface area contributed by atoms with Gasteiger partial charge in [-0.25, -0.2) is 0 Å². The van der Waals surface area contributed by atoms with E-state index in [2.05, 4.69) is 0 Å². The van der Waals surface area contributed by atoms with Crippen LogP contribution in [0.4, 0.5) is 0 Å². The van der Waals surface area contributed by atoms with E-state index in [1.165, 1.54) is 0 Å². The Balaban J connectivity index is 1.64. The van der Waals surface area contributed by atoms with Crippen LogP contribution in [-0.2, 0) is 9.53 Å². The molecule has 2 atom stereocenters. The minimum atomic E-state index is -0.897. The lowest BCUT2D eigenvalue weighted by molar-refractivity contribution is -0.179. The third kappa shape index (κ3) is 3.48. The van der Waals surface area contributed by atoms with Crippen LogP contribution < -0.4 is 5.73 Å². The molecule has 2 N–H and O–H groups in total. The van der Waals surface area contributed by atoms with Crippen LogP contribution in [0.3, 0.4) is 0 Å². The van der Waals surface area contributed by atoms with Crippen LogP contribution in [0.15, 0.2) is 30.3 Å². The van der Waals surface area contributed by atoms with E-state index in [9.17, 15) is 9.59 Å². The molecule has 2 fully saturated rings. The van der Waals surface area contributed by atoms with Crippen LogP contribution in [0.5, 0.6) is 0 Å². The van der Waals surface area contributed by atoms with Crippen LogP contribution >= 0.6 is 0 Å². The molecule has 0 aromatic heterocycles. The zero-order valence-electron chi connectivity index (χ0n) is 16.6. The molecule has 6 heteroatoms. The summed E-state index contributed by atoms with van der Waals surface area (Å²) in [6.45, 7) is 8.94. The number of ether oxygens (including phenoxy) is 1. The third-order valence-corrected chi connectivity index (χ3v) is 6.30. The molecule has 3 rings (SSSR count). The molecule has 1 saturated heterocycles. The molecule has 1 aromatic rings. The maximum atomic E-state index is 13.2. The van der Waals surface area contributed by atoms with Crippen LogP contribution in [0.25, 0.3) is 0 Å². The summed E-state index contributed by atoms with van der Waals surface area (Å²) in [5, 5.41) is 0. The Bertz CT molecular complexity index is 691. The number of carbonyl (C=O) groups excluding carboxylic acids is 2. The van der Waals surface area contributed by atoms with Crippen LogP contribution in [0, 0.1) is 5.41 Å². The predicted molar refractivity (Wildman–Crippen MR) is 104 cm³/mol. The van der Waals surface area contributed by atoms with Crippen molar-refractivity contribution in [1.82, 2.24) is 9.80 Å². The Labute approximate surface area is 161 Å². The fourth-order valence-electron chi connectivity index (χ4n) is 4.17. The lowest BCUT2D eigenvalue weighted by Crippen LogP contribution is -2.76. The van der Waals surface area contributed by atoms with Gasteiger partial charge in [0.25, 0.3) is 5.91 Å². The summed E-state index contributed by atoms with van der Waals surface area (Å²) >= 11 is 0. The molecule has 6 nitrogen and oxygen atoms in total. The first-order valence-corrected chi connectivity index (χ1v) is 9.85. The van der Waals surface area contributed by atoms with Crippen LogP contribution in [0.2, 0.25) is 0 Å². The second-order valence-corrected chi connectivity index (χ2v) is 8.15. The maximum Gasteiger partial charge on any atom is 0.253 e. The van der Waals surface area contributed by atoms with Crippen molar-refractivity contribution in [2.45, 2.75) is 45.3 Å². The van der Waals surface area contributed by atoms with Gasteiger partial charge in [-0.2, -0.15) is 0 Å². The van der Waals surface area contributed by atoms with Gasteiger partial charge in [-0.1, -0.05) is 32.0 Å². The van der Waals surface area contributed by atoms with Gasteiger partial charge < -0.3 is 20.3 Å². The maximum absolute atomic E-state index is 13.2. The fraction of sp³-hybridized carbons (Fsp3) is 0.619. The van der Waals surface area contributed by atoms with Gasteiger partial charge in [-0.3, -0.25) is 9.59 Å². The summed E-state index contributed by atoms with van der Waals surface area (Å²) in [7, 11) is 0. The van der Waals surface area contributed by atoms with Crippen LogP contribution in [-0.4, -0.2) is 66.0 Å². The summed E-state index contributed by atoms with van der Waals surface area (Å²) in [4.78, 5) is 29.6. The summed E-state index contributed by atoms with van der Waals surface area (Å²) < 4.78 is 5.74. The number of benzene rings is 1. The zero-order valence-corrected chi connectivity index (χ0v) is 16.6. The van der Waals surface area contributed by atoms with Gasteiger partial charge in [0.15, 0.2) is 0 Å². The van der Waals surface area contributed by atoms with E-state index in [0.717, 1.165) is 6.42 Å². The van der Waals surface area contributed by atoms with E-state index in [4.69, 9.17) is 10.5 Å². The Hall–Kier alpha value is -1.92. The number of carbonyl (C=O) groups is 2. The molecule has 0 bridgehead atoms. The summed E-state index contributed by atoms with van der Waals surface area (Å²) in [5.41, 5.74) is 5.95. The minimum absolute atomic E-state index is 0.0135. The standard InChI is InChI=1S/C21H31N3O3/c1-4-27-17-15-21(22,20(17,2)3)19(26)24-12-8-11-23(13-14-24)18(25)16-9-6-5-7-10-16/h5-7,9-10,17H,4,8,11-15,22H2,1-3H3. The third-order valence-electron chi connectivity index (χ3n) is 6.30. The van der Waals surface area contributed by atoms with Gasteiger partial charge in [-0.05, 0) is 25.5 Å². The number of nitrogens with zero attached hydrogens (tertiary/aromatic N) is 2. The predicted octanol–water partition coefficient (Wildman–Crippen LogP) is 1.89. The quantitative estimate of drug-likeness (QED) is 0.875. The van der Waals surface area contributed by atoms with Crippen molar-refractivity contribution in [2.75, 3.05) is 32.8 Å². The average molecular weight is 373 g/mol. The Morgan fingerprint density at radius 1 is 1.11 bits per heavy atom. The van der Waals surface area contributed by atoms with E-state index in [1.54, 1.807) is 0 Å². The summed E-state index contributed by atoms with van der Waals surface area (Å²) in [5.74, 6) is 0.00482. The summed E-state index contributed by atoms with van der Waals surface area (Å²) in [6.07, 6.45) is 1.32. The number of nitrogens with two attached hydrogens (primary N) is 1. The van der Waals surface area contributed by atoms with Gasteiger partial charge in [0.2, 0.25) is 5.91 Å². The molecule has 2 unspecified atom stereocenters. The molecular weight excluding hydrogens is 342 g/mol. The number of hydrogen-bond acceptors (Lipinski definition) is 4. The molecule has 2 aliphatic rings. The van der Waals surface area contributed by atoms with Gasteiger partial charge in [0.05, 0.1) is 6.10 Å². The largest absolute Gasteiger partial charge is 0.378 e. The molecule has 0 radical (unpaired) electrons. The first kappa shape index (κ1) is 19.8. The first-order chi connectivity index (χ1) is 12.8. The zero-order chi connectivity index (χ0) is 19.7. The summed E-state index contributed by atoms with van der Waals surface area (Å²) in [6, 6.07) is 9.29.